The lowest BCUT2D eigenvalue weighted by atomic mass is 10.2. The van der Waals surface area contributed by atoms with E-state index in [4.69, 9.17) is 0 Å². The first-order chi connectivity index (χ1) is 11.6. The van der Waals surface area contributed by atoms with Crippen molar-refractivity contribution in [3.05, 3.63) is 70.5 Å². The summed E-state index contributed by atoms with van der Waals surface area (Å²) in [6, 6.07) is 19.1. The zero-order valence-electron chi connectivity index (χ0n) is 12.9. The molecule has 0 aliphatic heterocycles. The topological polar surface area (TPSA) is 73.6 Å². The largest absolute Gasteiger partial charge is 0.340 e. The summed E-state index contributed by atoms with van der Waals surface area (Å²) < 4.78 is 1.02. The highest BCUT2D eigenvalue weighted by Gasteiger charge is 2.06. The molecule has 2 N–H and O–H groups in total. The van der Waals surface area contributed by atoms with Crippen LogP contribution in [0.15, 0.2) is 59.1 Å². The van der Waals surface area contributed by atoms with E-state index in [-0.39, 0.29) is 0 Å². The van der Waals surface area contributed by atoms with Crippen LogP contribution in [0.4, 0.5) is 23.0 Å². The molecule has 0 unspecified atom stereocenters. The molecule has 0 atom stereocenters. The van der Waals surface area contributed by atoms with Gasteiger partial charge in [-0.05, 0) is 43.3 Å². The van der Waals surface area contributed by atoms with Gasteiger partial charge in [-0.3, -0.25) is 0 Å². The Hall–Kier alpha value is -2.91. The van der Waals surface area contributed by atoms with Gasteiger partial charge >= 0.3 is 0 Å². The van der Waals surface area contributed by atoms with E-state index in [1.165, 1.54) is 0 Å². The number of para-hydroxylation sites is 1. The van der Waals surface area contributed by atoms with Crippen LogP contribution >= 0.6 is 15.9 Å². The van der Waals surface area contributed by atoms with Crippen molar-refractivity contribution in [1.29, 1.82) is 5.26 Å². The number of nitrogens with one attached hydrogen (secondary N) is 2. The molecular formula is C18H14BrN5. The van der Waals surface area contributed by atoms with Crippen LogP contribution in [0, 0.1) is 18.3 Å². The first-order valence-corrected chi connectivity index (χ1v) is 8.08. The van der Waals surface area contributed by atoms with Crippen LogP contribution in [0.1, 0.15) is 11.4 Å². The molecule has 24 heavy (non-hydrogen) atoms. The summed E-state index contributed by atoms with van der Waals surface area (Å²) in [5.41, 5.74) is 2.21. The normalized spacial score (nSPS) is 10.0. The molecule has 3 aromatic rings. The number of hydrogen-bond donors (Lipinski definition) is 2. The van der Waals surface area contributed by atoms with Crippen LogP contribution in [0.5, 0.6) is 0 Å². The number of hydrogen-bond acceptors (Lipinski definition) is 5. The number of aryl methyl sites for hydroxylation is 1. The summed E-state index contributed by atoms with van der Waals surface area (Å²) in [5, 5.41) is 15.6. The highest BCUT2D eigenvalue weighted by Crippen LogP contribution is 2.23. The zero-order valence-corrected chi connectivity index (χ0v) is 14.5. The maximum atomic E-state index is 9.18. The fraction of sp³-hybridized carbons (Fsp3) is 0.0556. The first-order valence-electron chi connectivity index (χ1n) is 7.28. The van der Waals surface area contributed by atoms with E-state index in [1.807, 2.05) is 55.5 Å². The van der Waals surface area contributed by atoms with E-state index in [2.05, 4.69) is 42.6 Å². The minimum Gasteiger partial charge on any atom is -0.340 e. The molecule has 0 bridgehead atoms. The predicted molar refractivity (Wildman–Crippen MR) is 98.6 cm³/mol. The summed E-state index contributed by atoms with van der Waals surface area (Å²) in [6.07, 6.45) is 0. The Labute approximate surface area is 148 Å². The predicted octanol–water partition coefficient (Wildman–Crippen LogP) is 4.91. The van der Waals surface area contributed by atoms with Crippen molar-refractivity contribution < 1.29 is 0 Å². The Balaban J connectivity index is 1.86. The smallest absolute Gasteiger partial charge is 0.136 e. The summed E-state index contributed by atoms with van der Waals surface area (Å²) >= 11 is 3.41. The van der Waals surface area contributed by atoms with Crippen LogP contribution in [-0.4, -0.2) is 9.97 Å². The molecule has 0 fully saturated rings. The SMILES string of the molecule is Cc1nc(Nc2ccc(Br)cc2)cc(Nc2ccccc2C#N)n1. The van der Waals surface area contributed by atoms with Crippen LogP contribution < -0.4 is 10.6 Å². The fourth-order valence-corrected chi connectivity index (χ4v) is 2.47. The fourth-order valence-electron chi connectivity index (χ4n) is 2.20. The highest BCUT2D eigenvalue weighted by molar-refractivity contribution is 9.10. The maximum Gasteiger partial charge on any atom is 0.136 e. The molecule has 0 spiro atoms. The molecule has 0 amide bonds. The molecular weight excluding hydrogens is 366 g/mol. The van der Waals surface area contributed by atoms with Gasteiger partial charge in [0.2, 0.25) is 0 Å². The summed E-state index contributed by atoms with van der Waals surface area (Å²) in [7, 11) is 0. The van der Waals surface area contributed by atoms with Gasteiger partial charge in [-0.25, -0.2) is 9.97 Å². The first kappa shape index (κ1) is 16.0. The second kappa shape index (κ2) is 7.11. The lowest BCUT2D eigenvalue weighted by Gasteiger charge is -2.11. The van der Waals surface area contributed by atoms with E-state index in [0.717, 1.165) is 10.2 Å². The molecule has 2 aromatic carbocycles. The number of rotatable bonds is 4. The van der Waals surface area contributed by atoms with E-state index in [9.17, 15) is 5.26 Å². The molecule has 0 aliphatic rings. The molecule has 0 saturated carbocycles. The molecule has 0 saturated heterocycles. The minimum atomic E-state index is 0.566. The van der Waals surface area contributed by atoms with Gasteiger partial charge in [0, 0.05) is 16.2 Å². The third-order valence-corrected chi connectivity index (χ3v) is 3.79. The van der Waals surface area contributed by atoms with E-state index in [0.29, 0.717) is 28.7 Å². The Kier molecular flexibility index (Phi) is 4.73. The van der Waals surface area contributed by atoms with E-state index < -0.39 is 0 Å². The van der Waals surface area contributed by atoms with Gasteiger partial charge in [-0.15, -0.1) is 0 Å². The molecule has 118 valence electrons. The quantitative estimate of drug-likeness (QED) is 0.673. The lowest BCUT2D eigenvalue weighted by molar-refractivity contribution is 1.06. The van der Waals surface area contributed by atoms with E-state index >= 15 is 0 Å². The minimum absolute atomic E-state index is 0.566. The Bertz CT molecular complexity index is 900. The van der Waals surface area contributed by atoms with Crippen molar-refractivity contribution in [2.45, 2.75) is 6.92 Å². The average Bonchev–Trinajstić information content (AvgIpc) is 2.57. The zero-order chi connectivity index (χ0) is 16.9. The number of benzene rings is 2. The maximum absolute atomic E-state index is 9.18. The van der Waals surface area contributed by atoms with Crippen LogP contribution in [0.3, 0.4) is 0 Å². The van der Waals surface area contributed by atoms with Gasteiger partial charge in [-0.1, -0.05) is 28.1 Å². The third-order valence-electron chi connectivity index (χ3n) is 3.26. The third kappa shape index (κ3) is 3.89. The van der Waals surface area contributed by atoms with Crippen LogP contribution in [-0.2, 0) is 0 Å². The number of nitrogens with zero attached hydrogens (tertiary/aromatic N) is 3. The average molecular weight is 380 g/mol. The van der Waals surface area contributed by atoms with Crippen molar-refractivity contribution in [1.82, 2.24) is 9.97 Å². The number of anilines is 4. The van der Waals surface area contributed by atoms with Gasteiger partial charge in [0.1, 0.15) is 23.5 Å². The van der Waals surface area contributed by atoms with Gasteiger partial charge in [0.05, 0.1) is 11.3 Å². The Morgan fingerprint density at radius 1 is 0.958 bits per heavy atom. The van der Waals surface area contributed by atoms with Gasteiger partial charge < -0.3 is 10.6 Å². The van der Waals surface area contributed by atoms with Crippen LogP contribution in [0.25, 0.3) is 0 Å². The second-order valence-electron chi connectivity index (χ2n) is 5.10. The Morgan fingerprint density at radius 3 is 2.33 bits per heavy atom. The molecule has 1 heterocycles. The monoisotopic (exact) mass is 379 g/mol. The lowest BCUT2D eigenvalue weighted by Crippen LogP contribution is -2.02. The van der Waals surface area contributed by atoms with Crippen molar-refractivity contribution in [3.63, 3.8) is 0 Å². The van der Waals surface area contributed by atoms with Crippen molar-refractivity contribution in [2.75, 3.05) is 10.6 Å². The molecule has 1 aromatic heterocycles. The highest BCUT2D eigenvalue weighted by atomic mass is 79.9. The van der Waals surface area contributed by atoms with Gasteiger partial charge in [0.25, 0.3) is 0 Å². The summed E-state index contributed by atoms with van der Waals surface area (Å²) in [6.45, 7) is 1.83. The second-order valence-corrected chi connectivity index (χ2v) is 6.02. The molecule has 5 nitrogen and oxygen atoms in total. The van der Waals surface area contributed by atoms with Crippen molar-refractivity contribution in [2.24, 2.45) is 0 Å². The molecule has 6 heteroatoms. The van der Waals surface area contributed by atoms with E-state index in [1.54, 1.807) is 6.07 Å². The summed E-state index contributed by atoms with van der Waals surface area (Å²) in [5.74, 6) is 1.95. The number of aromatic nitrogens is 2. The molecule has 0 radical (unpaired) electrons. The summed E-state index contributed by atoms with van der Waals surface area (Å²) in [4.78, 5) is 8.78. The van der Waals surface area contributed by atoms with Crippen molar-refractivity contribution >= 4 is 38.9 Å². The number of halogens is 1. The molecule has 0 aliphatic carbocycles. The standard InChI is InChI=1S/C18H14BrN5/c1-12-21-17(23-15-8-6-14(19)7-9-15)10-18(22-12)24-16-5-3-2-4-13(16)11-20/h2-10H,1H3,(H2,21,22,23,24). The Morgan fingerprint density at radius 2 is 1.62 bits per heavy atom. The van der Waals surface area contributed by atoms with Crippen LogP contribution in [0.2, 0.25) is 0 Å². The van der Waals surface area contributed by atoms with Gasteiger partial charge in [0.15, 0.2) is 0 Å². The molecule has 3 rings (SSSR count). The van der Waals surface area contributed by atoms with Gasteiger partial charge in [-0.2, -0.15) is 5.26 Å². The van der Waals surface area contributed by atoms with Crippen molar-refractivity contribution in [3.8, 4) is 6.07 Å². The number of nitriles is 1.